The first-order chi connectivity index (χ1) is 12.9. The van der Waals surface area contributed by atoms with Crippen molar-refractivity contribution in [2.24, 2.45) is 0 Å². The first-order valence-corrected chi connectivity index (χ1v) is 9.40. The molecule has 0 aliphatic rings. The van der Waals surface area contributed by atoms with Crippen LogP contribution < -0.4 is 0 Å². The smallest absolute Gasteiger partial charge is 0.0202 e. The number of unbranched alkanes of at least 4 members (excludes halogenated alkanes) is 1. The van der Waals surface area contributed by atoms with Crippen molar-refractivity contribution in [3.63, 3.8) is 0 Å². The van der Waals surface area contributed by atoms with Gasteiger partial charge in [0.2, 0.25) is 0 Å². The normalized spacial score (nSPS) is 12.6. The highest BCUT2D eigenvalue weighted by molar-refractivity contribution is 5.51. The Bertz CT molecular complexity index is 798. The van der Waals surface area contributed by atoms with E-state index in [1.54, 1.807) is 0 Å². The van der Waals surface area contributed by atoms with Crippen LogP contribution in [-0.2, 0) is 6.42 Å². The van der Waals surface area contributed by atoms with Crippen LogP contribution in [0.15, 0.2) is 109 Å². The maximum atomic E-state index is 2.33. The summed E-state index contributed by atoms with van der Waals surface area (Å²) in [6.07, 6.45) is 12.6. The minimum atomic E-state index is 0.313. The van der Waals surface area contributed by atoms with E-state index in [9.17, 15) is 0 Å². The zero-order chi connectivity index (χ0) is 17.9. The first-order valence-electron chi connectivity index (χ1n) is 9.40. The van der Waals surface area contributed by atoms with E-state index >= 15 is 0 Å². The van der Waals surface area contributed by atoms with Gasteiger partial charge in [-0.3, -0.25) is 0 Å². The summed E-state index contributed by atoms with van der Waals surface area (Å²) in [6, 6.07) is 31.9. The molecule has 0 bridgehead atoms. The number of aryl methyl sites for hydroxylation is 1. The molecule has 0 aromatic heterocycles. The average Bonchev–Trinajstić information content (AvgIpc) is 2.72. The first kappa shape index (κ1) is 17.9. The molecule has 0 aliphatic heterocycles. The Morgan fingerprint density at radius 2 is 1.27 bits per heavy atom. The second kappa shape index (κ2) is 10.2. The van der Waals surface area contributed by atoms with Crippen LogP contribution in [0.3, 0.4) is 0 Å². The third kappa shape index (κ3) is 5.89. The molecule has 130 valence electrons. The van der Waals surface area contributed by atoms with Crippen molar-refractivity contribution >= 4 is 6.08 Å². The van der Waals surface area contributed by atoms with Crippen LogP contribution in [0.4, 0.5) is 0 Å². The monoisotopic (exact) mass is 338 g/mol. The highest BCUT2D eigenvalue weighted by Crippen LogP contribution is 2.21. The van der Waals surface area contributed by atoms with Gasteiger partial charge in [0.05, 0.1) is 0 Å². The van der Waals surface area contributed by atoms with Crippen molar-refractivity contribution in [1.29, 1.82) is 0 Å². The summed E-state index contributed by atoms with van der Waals surface area (Å²) in [5.41, 5.74) is 3.99. The molecule has 0 fully saturated rings. The van der Waals surface area contributed by atoms with Crippen molar-refractivity contribution in [1.82, 2.24) is 0 Å². The fourth-order valence-corrected chi connectivity index (χ4v) is 3.05. The van der Waals surface area contributed by atoms with Gasteiger partial charge in [-0.05, 0) is 36.0 Å². The zero-order valence-corrected chi connectivity index (χ0v) is 15.2. The van der Waals surface area contributed by atoms with Gasteiger partial charge in [-0.15, -0.1) is 0 Å². The lowest BCUT2D eigenvalue weighted by molar-refractivity contribution is 0.838. The van der Waals surface area contributed by atoms with E-state index in [1.807, 2.05) is 0 Å². The number of allylic oxidation sites excluding steroid dienone is 3. The molecule has 0 saturated carbocycles. The molecule has 0 heterocycles. The van der Waals surface area contributed by atoms with Gasteiger partial charge in [0.1, 0.15) is 0 Å². The fraction of sp³-hybridized carbons (Fsp3) is 0.154. The van der Waals surface area contributed by atoms with Crippen molar-refractivity contribution < 1.29 is 0 Å². The minimum absolute atomic E-state index is 0.313. The standard InChI is InChI=1S/C26H26/c1-5-13-23(14-6-1)15-9-3-10-20-26(25-18-11-4-12-19-25)22-21-24-16-7-2-8-17-24/h1-2,4-8,10-14,16-22,26H,3,9,15H2/b20-10?,22-21+. The Balaban J connectivity index is 1.61. The maximum Gasteiger partial charge on any atom is 0.0202 e. The van der Waals surface area contributed by atoms with Crippen LogP contribution in [0.5, 0.6) is 0 Å². The molecule has 3 aromatic carbocycles. The van der Waals surface area contributed by atoms with Crippen molar-refractivity contribution in [3.8, 4) is 0 Å². The van der Waals surface area contributed by atoms with Gasteiger partial charge in [-0.2, -0.15) is 0 Å². The molecule has 3 rings (SSSR count). The van der Waals surface area contributed by atoms with Crippen molar-refractivity contribution in [3.05, 3.63) is 126 Å². The van der Waals surface area contributed by atoms with Crippen LogP contribution in [-0.4, -0.2) is 0 Å². The van der Waals surface area contributed by atoms with Crippen LogP contribution in [0.2, 0.25) is 0 Å². The number of hydrogen-bond acceptors (Lipinski definition) is 0. The summed E-state index contributed by atoms with van der Waals surface area (Å²) in [7, 11) is 0. The summed E-state index contributed by atoms with van der Waals surface area (Å²) >= 11 is 0. The van der Waals surface area contributed by atoms with Crippen LogP contribution in [0.25, 0.3) is 6.08 Å². The predicted molar refractivity (Wildman–Crippen MR) is 113 cm³/mol. The molecular formula is C26H26. The van der Waals surface area contributed by atoms with Gasteiger partial charge < -0.3 is 0 Å². The predicted octanol–water partition coefficient (Wildman–Crippen LogP) is 7.06. The summed E-state index contributed by atoms with van der Waals surface area (Å²) in [6.45, 7) is 0. The fourth-order valence-electron chi connectivity index (χ4n) is 3.05. The Morgan fingerprint density at radius 1 is 0.654 bits per heavy atom. The van der Waals surface area contributed by atoms with Gasteiger partial charge in [-0.25, -0.2) is 0 Å². The largest absolute Gasteiger partial charge is 0.0876 e. The van der Waals surface area contributed by atoms with Gasteiger partial charge in [-0.1, -0.05) is 115 Å². The number of benzene rings is 3. The maximum absolute atomic E-state index is 2.33. The number of hydrogen-bond donors (Lipinski definition) is 0. The van der Waals surface area contributed by atoms with Gasteiger partial charge in [0.25, 0.3) is 0 Å². The molecule has 1 atom stereocenters. The highest BCUT2D eigenvalue weighted by Gasteiger charge is 2.03. The van der Waals surface area contributed by atoms with E-state index in [-0.39, 0.29) is 0 Å². The lowest BCUT2D eigenvalue weighted by atomic mass is 9.96. The van der Waals surface area contributed by atoms with E-state index in [1.165, 1.54) is 23.1 Å². The quantitative estimate of drug-likeness (QED) is 0.304. The topological polar surface area (TPSA) is 0 Å². The average molecular weight is 338 g/mol. The molecule has 26 heavy (non-hydrogen) atoms. The van der Waals surface area contributed by atoms with Crippen molar-refractivity contribution in [2.75, 3.05) is 0 Å². The second-order valence-corrected chi connectivity index (χ2v) is 6.51. The Labute approximate surface area is 157 Å². The summed E-state index contributed by atoms with van der Waals surface area (Å²) in [4.78, 5) is 0. The molecule has 1 unspecified atom stereocenters. The molecule has 3 aromatic rings. The molecule has 0 amide bonds. The van der Waals surface area contributed by atoms with E-state index in [2.05, 4.69) is 115 Å². The van der Waals surface area contributed by atoms with Crippen LogP contribution in [0.1, 0.15) is 35.4 Å². The summed E-state index contributed by atoms with van der Waals surface area (Å²) in [5, 5.41) is 0. The minimum Gasteiger partial charge on any atom is -0.0876 e. The lowest BCUT2D eigenvalue weighted by Crippen LogP contribution is -1.91. The third-order valence-electron chi connectivity index (χ3n) is 4.50. The Kier molecular flexibility index (Phi) is 7.04. The molecule has 0 radical (unpaired) electrons. The second-order valence-electron chi connectivity index (χ2n) is 6.51. The van der Waals surface area contributed by atoms with E-state index in [0.29, 0.717) is 5.92 Å². The van der Waals surface area contributed by atoms with Gasteiger partial charge >= 0.3 is 0 Å². The molecule has 0 heteroatoms. The number of rotatable bonds is 8. The molecule has 0 N–H and O–H groups in total. The van der Waals surface area contributed by atoms with Crippen LogP contribution in [0, 0.1) is 0 Å². The van der Waals surface area contributed by atoms with Crippen molar-refractivity contribution in [2.45, 2.75) is 25.2 Å². The van der Waals surface area contributed by atoms with Crippen LogP contribution >= 0.6 is 0 Å². The van der Waals surface area contributed by atoms with E-state index in [4.69, 9.17) is 0 Å². The lowest BCUT2D eigenvalue weighted by Gasteiger charge is -2.08. The Morgan fingerprint density at radius 3 is 1.96 bits per heavy atom. The highest BCUT2D eigenvalue weighted by atomic mass is 14.1. The van der Waals surface area contributed by atoms with E-state index < -0.39 is 0 Å². The SMILES string of the molecule is C(=CC(/C=C/c1ccccc1)c1ccccc1)CCCc1ccccc1. The molecule has 0 nitrogen and oxygen atoms in total. The summed E-state index contributed by atoms with van der Waals surface area (Å²) < 4.78 is 0. The zero-order valence-electron chi connectivity index (χ0n) is 15.2. The molecule has 0 aliphatic carbocycles. The molecule has 0 saturated heterocycles. The molecule has 0 spiro atoms. The van der Waals surface area contributed by atoms with Gasteiger partial charge in [0, 0.05) is 5.92 Å². The van der Waals surface area contributed by atoms with Gasteiger partial charge in [0.15, 0.2) is 0 Å². The third-order valence-corrected chi connectivity index (χ3v) is 4.50. The molecular weight excluding hydrogens is 312 g/mol. The summed E-state index contributed by atoms with van der Waals surface area (Å²) in [5.74, 6) is 0.313. The Hall–Kier alpha value is -2.86. The van der Waals surface area contributed by atoms with E-state index in [0.717, 1.165) is 12.8 Å².